The third-order valence-electron chi connectivity index (χ3n) is 5.52. The van der Waals surface area contributed by atoms with E-state index in [1.165, 1.54) is 0 Å². The van der Waals surface area contributed by atoms with Crippen LogP contribution in [0.15, 0.2) is 18.2 Å². The molecule has 1 aromatic rings. The Labute approximate surface area is 164 Å². The number of piperidine rings is 1. The van der Waals surface area contributed by atoms with Crippen LogP contribution in [0.1, 0.15) is 65.7 Å². The summed E-state index contributed by atoms with van der Waals surface area (Å²) in [7, 11) is 0. The second kappa shape index (κ2) is 9.10. The Morgan fingerprint density at radius 2 is 1.75 bits per heavy atom. The fraction of sp³-hybridized carbons (Fsp3) is 0.524. The van der Waals surface area contributed by atoms with Gasteiger partial charge in [-0.1, -0.05) is 12.8 Å². The number of carbonyl (C=O) groups excluding carboxylic acids is 4. The summed E-state index contributed by atoms with van der Waals surface area (Å²) in [5.41, 5.74) is 7.16. The van der Waals surface area contributed by atoms with Crippen LogP contribution in [0.4, 0.5) is 5.69 Å². The van der Waals surface area contributed by atoms with Gasteiger partial charge < -0.3 is 11.1 Å². The van der Waals surface area contributed by atoms with Crippen molar-refractivity contribution in [3.8, 4) is 0 Å². The Morgan fingerprint density at radius 3 is 2.50 bits per heavy atom. The lowest BCUT2D eigenvalue weighted by atomic mass is 9.86. The Bertz CT molecular complexity index is 790. The standard InChI is InChI=1S/C21H27N3O4/c22-9-3-1-2-4-10-23-14-6-7-15-16(12-14)20(27)17(19(15)26)11-13-5-8-18(25)24-21(13)28/h6-7,12-13,17,23H,1-5,8-11,22H2,(H,24,25,28). The van der Waals surface area contributed by atoms with Crippen LogP contribution in [0.5, 0.6) is 0 Å². The first-order chi connectivity index (χ1) is 13.5. The number of unbranched alkanes of at least 4 members (excludes halogenated alkanes) is 3. The van der Waals surface area contributed by atoms with Crippen LogP contribution in [-0.2, 0) is 9.59 Å². The molecule has 7 heteroatoms. The molecular weight excluding hydrogens is 358 g/mol. The van der Waals surface area contributed by atoms with Crippen molar-refractivity contribution < 1.29 is 19.2 Å². The van der Waals surface area contributed by atoms with Gasteiger partial charge in [-0.15, -0.1) is 0 Å². The molecule has 7 nitrogen and oxygen atoms in total. The van der Waals surface area contributed by atoms with Crippen LogP contribution < -0.4 is 16.4 Å². The number of hydrogen-bond donors (Lipinski definition) is 3. The van der Waals surface area contributed by atoms with Crippen LogP contribution >= 0.6 is 0 Å². The van der Waals surface area contributed by atoms with Crippen molar-refractivity contribution >= 4 is 29.1 Å². The van der Waals surface area contributed by atoms with Gasteiger partial charge in [0.05, 0.1) is 5.92 Å². The van der Waals surface area contributed by atoms with E-state index in [0.717, 1.165) is 37.9 Å². The van der Waals surface area contributed by atoms with Crippen molar-refractivity contribution in [2.75, 3.05) is 18.4 Å². The largest absolute Gasteiger partial charge is 0.385 e. The summed E-state index contributed by atoms with van der Waals surface area (Å²) in [6.45, 7) is 1.51. The molecule has 0 saturated carbocycles. The normalized spacial score (nSPS) is 21.6. The number of anilines is 1. The van der Waals surface area contributed by atoms with Gasteiger partial charge in [-0.2, -0.15) is 0 Å². The average Bonchev–Trinajstić information content (AvgIpc) is 2.91. The summed E-state index contributed by atoms with van der Waals surface area (Å²) in [5, 5.41) is 5.59. The minimum atomic E-state index is -0.828. The fourth-order valence-electron chi connectivity index (χ4n) is 3.88. The minimum Gasteiger partial charge on any atom is -0.385 e. The van der Waals surface area contributed by atoms with E-state index in [1.807, 2.05) is 6.07 Å². The number of imide groups is 1. The van der Waals surface area contributed by atoms with Gasteiger partial charge in [0.25, 0.3) is 0 Å². The van der Waals surface area contributed by atoms with Gasteiger partial charge >= 0.3 is 0 Å². The second-order valence-corrected chi connectivity index (χ2v) is 7.55. The number of hydrogen-bond acceptors (Lipinski definition) is 6. The molecule has 2 aliphatic rings. The predicted octanol–water partition coefficient (Wildman–Crippen LogP) is 2.06. The SMILES string of the molecule is NCCCCCCNc1ccc2c(c1)C(=O)C(CC1CCC(=O)NC1=O)C2=O. The van der Waals surface area contributed by atoms with Gasteiger partial charge in [-0.25, -0.2) is 0 Å². The van der Waals surface area contributed by atoms with Crippen molar-refractivity contribution in [2.45, 2.75) is 44.9 Å². The number of carbonyl (C=O) groups is 4. The lowest BCUT2D eigenvalue weighted by Crippen LogP contribution is -2.42. The summed E-state index contributed by atoms with van der Waals surface area (Å²) in [4.78, 5) is 48.7. The van der Waals surface area contributed by atoms with E-state index in [1.54, 1.807) is 12.1 Å². The molecular formula is C21H27N3O4. The number of ketones is 2. The van der Waals surface area contributed by atoms with Crippen molar-refractivity contribution in [1.82, 2.24) is 5.32 Å². The van der Waals surface area contributed by atoms with Gasteiger partial charge in [-0.3, -0.25) is 24.5 Å². The van der Waals surface area contributed by atoms with Crippen molar-refractivity contribution in [3.05, 3.63) is 29.3 Å². The van der Waals surface area contributed by atoms with Crippen LogP contribution in [-0.4, -0.2) is 36.5 Å². The molecule has 0 aromatic heterocycles. The quantitative estimate of drug-likeness (QED) is 0.340. The van der Waals surface area contributed by atoms with Gasteiger partial charge in [0, 0.05) is 35.7 Å². The van der Waals surface area contributed by atoms with Crippen LogP contribution in [0.25, 0.3) is 0 Å². The molecule has 4 N–H and O–H groups in total. The number of rotatable bonds is 9. The number of nitrogens with two attached hydrogens (primary N) is 1. The molecule has 1 saturated heterocycles. The Balaban J connectivity index is 1.60. The van der Waals surface area contributed by atoms with E-state index < -0.39 is 11.8 Å². The third-order valence-corrected chi connectivity index (χ3v) is 5.52. The summed E-state index contributed by atoms with van der Waals surface area (Å²) in [5.74, 6) is -2.44. The molecule has 1 aliphatic heterocycles. The van der Waals surface area contributed by atoms with E-state index in [2.05, 4.69) is 10.6 Å². The first-order valence-electron chi connectivity index (χ1n) is 10.0. The summed E-state index contributed by atoms with van der Waals surface area (Å²) in [6, 6.07) is 5.25. The van der Waals surface area contributed by atoms with Gasteiger partial charge in [0.1, 0.15) is 0 Å². The third kappa shape index (κ3) is 4.47. The highest BCUT2D eigenvalue weighted by molar-refractivity contribution is 6.26. The summed E-state index contributed by atoms with van der Waals surface area (Å²) >= 11 is 0. The summed E-state index contributed by atoms with van der Waals surface area (Å²) < 4.78 is 0. The number of amides is 2. The van der Waals surface area contributed by atoms with Crippen molar-refractivity contribution in [2.24, 2.45) is 17.6 Å². The molecule has 0 spiro atoms. The van der Waals surface area contributed by atoms with Gasteiger partial charge in [0.15, 0.2) is 11.6 Å². The monoisotopic (exact) mass is 385 g/mol. The minimum absolute atomic E-state index is 0.162. The molecule has 1 aromatic carbocycles. The zero-order valence-corrected chi connectivity index (χ0v) is 16.0. The molecule has 1 aliphatic carbocycles. The number of nitrogens with one attached hydrogen (secondary N) is 2. The molecule has 2 atom stereocenters. The van der Waals surface area contributed by atoms with E-state index in [9.17, 15) is 19.2 Å². The van der Waals surface area contributed by atoms with Crippen molar-refractivity contribution in [1.29, 1.82) is 0 Å². The zero-order valence-electron chi connectivity index (χ0n) is 16.0. The Kier molecular flexibility index (Phi) is 6.57. The summed E-state index contributed by atoms with van der Waals surface area (Å²) in [6.07, 6.45) is 5.05. The van der Waals surface area contributed by atoms with E-state index in [4.69, 9.17) is 5.73 Å². The predicted molar refractivity (Wildman–Crippen MR) is 105 cm³/mol. The highest BCUT2D eigenvalue weighted by Gasteiger charge is 2.41. The molecule has 28 heavy (non-hydrogen) atoms. The number of Topliss-reactive ketones (excluding diaryl/α,β-unsaturated/α-hetero) is 2. The van der Waals surface area contributed by atoms with E-state index in [0.29, 0.717) is 24.1 Å². The molecule has 1 heterocycles. The topological polar surface area (TPSA) is 118 Å². The molecule has 150 valence electrons. The van der Waals surface area contributed by atoms with Crippen LogP contribution in [0.3, 0.4) is 0 Å². The first-order valence-corrected chi connectivity index (χ1v) is 10.0. The fourth-order valence-corrected chi connectivity index (χ4v) is 3.88. The van der Waals surface area contributed by atoms with Crippen molar-refractivity contribution in [3.63, 3.8) is 0 Å². The lowest BCUT2D eigenvalue weighted by molar-refractivity contribution is -0.136. The molecule has 0 radical (unpaired) electrons. The maximum atomic E-state index is 12.8. The smallest absolute Gasteiger partial charge is 0.229 e. The zero-order chi connectivity index (χ0) is 20.1. The van der Waals surface area contributed by atoms with E-state index >= 15 is 0 Å². The van der Waals surface area contributed by atoms with Crippen LogP contribution in [0.2, 0.25) is 0 Å². The molecule has 0 bridgehead atoms. The maximum Gasteiger partial charge on any atom is 0.229 e. The van der Waals surface area contributed by atoms with E-state index in [-0.39, 0.29) is 36.2 Å². The highest BCUT2D eigenvalue weighted by atomic mass is 16.2. The lowest BCUT2D eigenvalue weighted by Gasteiger charge is -2.22. The molecule has 2 unspecified atom stereocenters. The van der Waals surface area contributed by atoms with Gasteiger partial charge in [-0.05, 0) is 50.4 Å². The second-order valence-electron chi connectivity index (χ2n) is 7.55. The number of fused-ring (bicyclic) bond motifs is 1. The molecule has 3 rings (SSSR count). The molecule has 2 amide bonds. The first kappa shape index (κ1) is 20.2. The average molecular weight is 385 g/mol. The number of benzene rings is 1. The highest BCUT2D eigenvalue weighted by Crippen LogP contribution is 2.34. The Hall–Kier alpha value is -2.54. The molecule has 1 fully saturated rings. The Morgan fingerprint density at radius 1 is 1.00 bits per heavy atom. The van der Waals surface area contributed by atoms with Gasteiger partial charge in [0.2, 0.25) is 11.8 Å². The van der Waals surface area contributed by atoms with Crippen LogP contribution in [0, 0.1) is 11.8 Å². The maximum absolute atomic E-state index is 12.8.